The molecule has 1 fully saturated rings. The van der Waals surface area contributed by atoms with E-state index in [4.69, 9.17) is 0 Å². The van der Waals surface area contributed by atoms with Gasteiger partial charge in [0.05, 0.1) is 12.6 Å². The minimum atomic E-state index is -0.446. The normalized spacial score (nSPS) is 20.6. The number of hydrogen-bond donors (Lipinski definition) is 1. The number of hydrogen-bond acceptors (Lipinski definition) is 3. The fraction of sp³-hybridized carbons (Fsp3) is 0.429. The predicted molar refractivity (Wildman–Crippen MR) is 68.4 cm³/mol. The van der Waals surface area contributed by atoms with E-state index < -0.39 is 11.9 Å². The molecule has 1 heterocycles. The average Bonchev–Trinajstić information content (AvgIpc) is 2.58. The molecule has 0 bridgehead atoms. The third-order valence-electron chi connectivity index (χ3n) is 3.05. The number of nitrogens with zero attached hydrogens (tertiary/aromatic N) is 1. The first-order chi connectivity index (χ1) is 8.39. The molecule has 0 aromatic heterocycles. The highest BCUT2D eigenvalue weighted by Crippen LogP contribution is 2.24. The lowest BCUT2D eigenvalue weighted by Gasteiger charge is -2.26. The molecule has 2 rings (SSSR count). The Kier molecular flexibility index (Phi) is 3.22. The Morgan fingerprint density at radius 3 is 2.28 bits per heavy atom. The zero-order chi connectivity index (χ0) is 13.3. The second kappa shape index (κ2) is 4.53. The Morgan fingerprint density at radius 2 is 1.78 bits per heavy atom. The summed E-state index contributed by atoms with van der Waals surface area (Å²) in [6.45, 7) is 6.25. The largest absolute Gasteiger partial charge is 0.306 e. The maximum Gasteiger partial charge on any atom is 0.306 e. The summed E-state index contributed by atoms with van der Waals surface area (Å²) >= 11 is 0. The summed E-state index contributed by atoms with van der Waals surface area (Å²) in [6, 6.07) is 9.19. The van der Waals surface area contributed by atoms with Gasteiger partial charge in [0, 0.05) is 0 Å². The Balaban J connectivity index is 2.13. The van der Waals surface area contributed by atoms with Crippen LogP contribution in [0.5, 0.6) is 0 Å². The highest BCUT2D eigenvalue weighted by molar-refractivity contribution is 6.39. The number of Topliss-reactive ketones (excluding diaryl/α,β-unsaturated/α-hetero) is 1. The molecule has 96 valence electrons. The molecule has 1 amide bonds. The topological polar surface area (TPSA) is 49.4 Å². The molecule has 0 aliphatic carbocycles. The Bertz CT molecular complexity index is 462. The monoisotopic (exact) mass is 246 g/mol. The van der Waals surface area contributed by atoms with E-state index in [-0.39, 0.29) is 11.2 Å². The van der Waals surface area contributed by atoms with Crippen molar-refractivity contribution in [3.63, 3.8) is 0 Å². The minimum absolute atomic E-state index is 0.266. The number of nitrogens with one attached hydrogen (secondary N) is 1. The van der Waals surface area contributed by atoms with Crippen molar-refractivity contribution in [2.75, 3.05) is 0 Å². The van der Waals surface area contributed by atoms with Crippen molar-refractivity contribution in [1.82, 2.24) is 10.4 Å². The molecule has 1 aliphatic rings. The highest BCUT2D eigenvalue weighted by Gasteiger charge is 2.44. The number of carbonyl (C=O) groups is 2. The van der Waals surface area contributed by atoms with Gasteiger partial charge in [-0.2, -0.15) is 0 Å². The van der Waals surface area contributed by atoms with Crippen LogP contribution in [0.25, 0.3) is 0 Å². The van der Waals surface area contributed by atoms with E-state index in [1.165, 1.54) is 5.01 Å². The maximum atomic E-state index is 11.9. The van der Waals surface area contributed by atoms with Crippen LogP contribution in [0.1, 0.15) is 26.3 Å². The molecular weight excluding hydrogens is 228 g/mol. The van der Waals surface area contributed by atoms with Crippen LogP contribution in [-0.2, 0) is 16.1 Å². The molecule has 0 spiro atoms. The van der Waals surface area contributed by atoms with E-state index in [1.54, 1.807) is 0 Å². The third-order valence-corrected chi connectivity index (χ3v) is 3.05. The molecule has 18 heavy (non-hydrogen) atoms. The maximum absolute atomic E-state index is 11.9. The second-order valence-electron chi connectivity index (χ2n) is 5.67. The van der Waals surface area contributed by atoms with E-state index in [0.29, 0.717) is 6.54 Å². The first-order valence-corrected chi connectivity index (χ1v) is 6.05. The molecule has 1 unspecified atom stereocenters. The van der Waals surface area contributed by atoms with Crippen molar-refractivity contribution < 1.29 is 9.59 Å². The molecule has 1 aliphatic heterocycles. The number of rotatable bonds is 2. The van der Waals surface area contributed by atoms with E-state index in [9.17, 15) is 9.59 Å². The van der Waals surface area contributed by atoms with Gasteiger partial charge in [-0.1, -0.05) is 51.1 Å². The minimum Gasteiger partial charge on any atom is -0.287 e. The molecule has 4 nitrogen and oxygen atoms in total. The summed E-state index contributed by atoms with van der Waals surface area (Å²) in [5, 5.41) is 1.41. The van der Waals surface area contributed by atoms with Gasteiger partial charge in [-0.3, -0.25) is 14.6 Å². The second-order valence-corrected chi connectivity index (χ2v) is 5.67. The Labute approximate surface area is 107 Å². The van der Waals surface area contributed by atoms with Gasteiger partial charge >= 0.3 is 5.91 Å². The van der Waals surface area contributed by atoms with Crippen LogP contribution in [0, 0.1) is 5.41 Å². The summed E-state index contributed by atoms with van der Waals surface area (Å²) < 4.78 is 0. The summed E-state index contributed by atoms with van der Waals surface area (Å²) in [7, 11) is 0. The summed E-state index contributed by atoms with van der Waals surface area (Å²) in [6.07, 6.45) is 0. The first-order valence-electron chi connectivity index (χ1n) is 6.05. The van der Waals surface area contributed by atoms with Crippen molar-refractivity contribution >= 4 is 11.7 Å². The third kappa shape index (κ3) is 2.43. The van der Waals surface area contributed by atoms with Gasteiger partial charge in [0.1, 0.15) is 0 Å². The lowest BCUT2D eigenvalue weighted by atomic mass is 9.85. The van der Waals surface area contributed by atoms with E-state index in [2.05, 4.69) is 5.43 Å². The SMILES string of the molecule is CC(C)(C)C1NN(Cc2ccccc2)C(=O)C1=O. The van der Waals surface area contributed by atoms with Crippen molar-refractivity contribution in [3.8, 4) is 0 Å². The van der Waals surface area contributed by atoms with Crippen LogP contribution in [0.2, 0.25) is 0 Å². The number of amides is 1. The van der Waals surface area contributed by atoms with E-state index >= 15 is 0 Å². The van der Waals surface area contributed by atoms with Crippen LogP contribution >= 0.6 is 0 Å². The molecule has 1 atom stereocenters. The van der Waals surface area contributed by atoms with Crippen LogP contribution in [0.4, 0.5) is 0 Å². The van der Waals surface area contributed by atoms with Gasteiger partial charge in [-0.05, 0) is 11.0 Å². The van der Waals surface area contributed by atoms with Gasteiger partial charge in [0.2, 0.25) is 5.78 Å². The number of benzene rings is 1. The van der Waals surface area contributed by atoms with Crippen LogP contribution in [-0.4, -0.2) is 22.7 Å². The summed E-state index contributed by atoms with van der Waals surface area (Å²) in [4.78, 5) is 23.8. The molecular formula is C14H18N2O2. The Hall–Kier alpha value is -1.68. The zero-order valence-electron chi connectivity index (χ0n) is 10.9. The van der Waals surface area contributed by atoms with Gasteiger partial charge in [-0.25, -0.2) is 5.43 Å². The number of carbonyl (C=O) groups excluding carboxylic acids is 2. The number of hydrazine groups is 1. The fourth-order valence-corrected chi connectivity index (χ4v) is 2.00. The van der Waals surface area contributed by atoms with Gasteiger partial charge < -0.3 is 0 Å². The van der Waals surface area contributed by atoms with Crippen molar-refractivity contribution in [2.45, 2.75) is 33.4 Å². The van der Waals surface area contributed by atoms with E-state index in [1.807, 2.05) is 51.1 Å². The number of ketones is 1. The lowest BCUT2D eigenvalue weighted by molar-refractivity contribution is -0.141. The molecule has 4 heteroatoms. The van der Waals surface area contributed by atoms with Crippen molar-refractivity contribution in [1.29, 1.82) is 0 Å². The standard InChI is InChI=1S/C14H18N2O2/c1-14(2,3)12-11(17)13(18)16(15-12)9-10-7-5-4-6-8-10/h4-8,12,15H,9H2,1-3H3. The van der Waals surface area contributed by atoms with Gasteiger partial charge in [0.25, 0.3) is 0 Å². The average molecular weight is 246 g/mol. The summed E-state index contributed by atoms with van der Waals surface area (Å²) in [5.74, 6) is -0.794. The van der Waals surface area contributed by atoms with Crippen LogP contribution in [0.15, 0.2) is 30.3 Å². The van der Waals surface area contributed by atoms with Crippen molar-refractivity contribution in [2.24, 2.45) is 5.41 Å². The lowest BCUT2D eigenvalue weighted by Crippen LogP contribution is -2.43. The predicted octanol–water partition coefficient (Wildman–Crippen LogP) is 1.52. The van der Waals surface area contributed by atoms with Gasteiger partial charge in [-0.15, -0.1) is 0 Å². The molecule has 1 aromatic carbocycles. The van der Waals surface area contributed by atoms with Crippen LogP contribution in [0.3, 0.4) is 0 Å². The quantitative estimate of drug-likeness (QED) is 0.805. The highest BCUT2D eigenvalue weighted by atomic mass is 16.2. The molecule has 1 N–H and O–H groups in total. The molecule has 0 radical (unpaired) electrons. The zero-order valence-corrected chi connectivity index (χ0v) is 10.9. The smallest absolute Gasteiger partial charge is 0.287 e. The van der Waals surface area contributed by atoms with Crippen LogP contribution < -0.4 is 5.43 Å². The molecule has 0 saturated carbocycles. The van der Waals surface area contributed by atoms with E-state index in [0.717, 1.165) is 5.56 Å². The molecule has 1 saturated heterocycles. The van der Waals surface area contributed by atoms with Crippen molar-refractivity contribution in [3.05, 3.63) is 35.9 Å². The fourth-order valence-electron chi connectivity index (χ4n) is 2.00. The van der Waals surface area contributed by atoms with Gasteiger partial charge in [0.15, 0.2) is 0 Å². The summed E-state index contributed by atoms with van der Waals surface area (Å²) in [5.41, 5.74) is 3.75. The Morgan fingerprint density at radius 1 is 1.17 bits per heavy atom. The molecule has 1 aromatic rings. The first kappa shape index (κ1) is 12.8.